The van der Waals surface area contributed by atoms with Crippen molar-refractivity contribution in [3.63, 3.8) is 0 Å². The van der Waals surface area contributed by atoms with Gasteiger partial charge in [0.15, 0.2) is 12.4 Å². The summed E-state index contributed by atoms with van der Waals surface area (Å²) in [6.07, 6.45) is -4.63. The molecule has 0 atom stereocenters. The maximum Gasteiger partial charge on any atom is 0.416 e. The number of amides is 1. The van der Waals surface area contributed by atoms with Crippen molar-refractivity contribution in [2.75, 3.05) is 11.9 Å². The van der Waals surface area contributed by atoms with Crippen LogP contribution in [0.1, 0.15) is 5.56 Å². The predicted octanol–water partition coefficient (Wildman–Crippen LogP) is 7.46. The Balaban J connectivity index is 1.66. The molecule has 0 radical (unpaired) electrons. The summed E-state index contributed by atoms with van der Waals surface area (Å²) >= 11 is 17.9. The Morgan fingerprint density at radius 2 is 1.63 bits per heavy atom. The molecule has 180 valence electrons. The average Bonchev–Trinajstić information content (AvgIpc) is 2.80. The van der Waals surface area contributed by atoms with Gasteiger partial charge in [0.2, 0.25) is 11.2 Å². The van der Waals surface area contributed by atoms with Crippen molar-refractivity contribution in [1.29, 1.82) is 0 Å². The number of hydrogen-bond acceptors (Lipinski definition) is 4. The van der Waals surface area contributed by atoms with Crippen LogP contribution in [0.15, 0.2) is 69.9 Å². The molecule has 0 saturated carbocycles. The average molecular weight is 543 g/mol. The molecule has 0 aliphatic rings. The van der Waals surface area contributed by atoms with E-state index in [9.17, 15) is 22.8 Å². The summed E-state index contributed by atoms with van der Waals surface area (Å²) < 4.78 is 50.4. The van der Waals surface area contributed by atoms with Crippen molar-refractivity contribution < 1.29 is 27.1 Å². The molecule has 1 aromatic heterocycles. The highest BCUT2D eigenvalue weighted by Gasteiger charge is 2.31. The van der Waals surface area contributed by atoms with Crippen LogP contribution < -0.4 is 15.5 Å². The van der Waals surface area contributed by atoms with Gasteiger partial charge in [0.25, 0.3) is 5.91 Å². The van der Waals surface area contributed by atoms with E-state index in [-0.39, 0.29) is 38.2 Å². The minimum Gasteiger partial charge on any atom is -0.476 e. The van der Waals surface area contributed by atoms with E-state index in [0.29, 0.717) is 16.7 Å². The van der Waals surface area contributed by atoms with E-state index < -0.39 is 29.7 Å². The summed E-state index contributed by atoms with van der Waals surface area (Å²) in [5, 5.41) is 3.00. The minimum absolute atomic E-state index is 0.0337. The maximum absolute atomic E-state index is 13.2. The van der Waals surface area contributed by atoms with E-state index in [1.165, 1.54) is 12.1 Å². The van der Waals surface area contributed by atoms with Crippen molar-refractivity contribution in [3.8, 4) is 17.1 Å². The lowest BCUT2D eigenvalue weighted by Crippen LogP contribution is -2.23. The number of carbonyl (C=O) groups is 1. The molecule has 11 heteroatoms. The van der Waals surface area contributed by atoms with Crippen molar-refractivity contribution in [2.45, 2.75) is 6.18 Å². The molecule has 1 N–H and O–H groups in total. The third-order valence-electron chi connectivity index (χ3n) is 4.83. The molecular weight excluding hydrogens is 530 g/mol. The highest BCUT2D eigenvalue weighted by molar-refractivity contribution is 6.33. The van der Waals surface area contributed by atoms with Crippen LogP contribution in [0.3, 0.4) is 0 Å². The highest BCUT2D eigenvalue weighted by atomic mass is 35.5. The fourth-order valence-corrected chi connectivity index (χ4v) is 3.66. The SMILES string of the molecule is O=C(COc1c(-c2ccc(Cl)cc2)oc2ccc(Cl)cc2c1=O)Nc1cc(C(F)(F)F)ccc1Cl. The topological polar surface area (TPSA) is 68.5 Å². The summed E-state index contributed by atoms with van der Waals surface area (Å²) in [4.78, 5) is 25.6. The standard InChI is InChI=1S/C24H13Cl3F3NO4/c25-14-4-1-12(2-5-14)22-23(21(33)16-10-15(26)6-8-19(16)35-22)34-11-20(32)31-18-9-13(24(28,29)30)3-7-17(18)27/h1-10H,11H2,(H,31,32). The van der Waals surface area contributed by atoms with Gasteiger partial charge >= 0.3 is 6.18 Å². The molecule has 0 unspecified atom stereocenters. The van der Waals surface area contributed by atoms with Crippen molar-refractivity contribution in [2.24, 2.45) is 0 Å². The van der Waals surface area contributed by atoms with Gasteiger partial charge in [-0.15, -0.1) is 0 Å². The van der Waals surface area contributed by atoms with Gasteiger partial charge in [-0.2, -0.15) is 13.2 Å². The summed E-state index contributed by atoms with van der Waals surface area (Å²) in [6, 6.07) is 13.3. The number of alkyl halides is 3. The number of anilines is 1. The first kappa shape index (κ1) is 24.9. The zero-order chi connectivity index (χ0) is 25.3. The van der Waals surface area contributed by atoms with E-state index in [1.54, 1.807) is 30.3 Å². The van der Waals surface area contributed by atoms with Crippen molar-refractivity contribution in [3.05, 3.63) is 91.5 Å². The Kier molecular flexibility index (Phi) is 6.98. The van der Waals surface area contributed by atoms with Crippen LogP contribution in [0.2, 0.25) is 15.1 Å². The van der Waals surface area contributed by atoms with Crippen LogP contribution >= 0.6 is 34.8 Å². The fourth-order valence-electron chi connectivity index (χ4n) is 3.19. The highest BCUT2D eigenvalue weighted by Crippen LogP contribution is 2.34. The molecule has 0 aliphatic carbocycles. The van der Waals surface area contributed by atoms with Gasteiger partial charge in [0.05, 0.1) is 21.7 Å². The van der Waals surface area contributed by atoms with Gasteiger partial charge < -0.3 is 14.5 Å². The van der Waals surface area contributed by atoms with Crippen molar-refractivity contribution >= 4 is 57.4 Å². The molecule has 0 aliphatic heterocycles. The number of hydrogen-bond donors (Lipinski definition) is 1. The first-order chi connectivity index (χ1) is 16.5. The second-order valence-corrected chi connectivity index (χ2v) is 8.55. The number of ether oxygens (including phenoxy) is 1. The van der Waals surface area contributed by atoms with Gasteiger partial charge in [-0.1, -0.05) is 34.8 Å². The van der Waals surface area contributed by atoms with E-state index in [0.717, 1.165) is 12.1 Å². The molecular formula is C24H13Cl3F3NO4. The van der Waals surface area contributed by atoms with Crippen molar-refractivity contribution in [1.82, 2.24) is 0 Å². The third kappa shape index (κ3) is 5.56. The molecule has 1 heterocycles. The van der Waals surface area contributed by atoms with Gasteiger partial charge in [-0.25, -0.2) is 0 Å². The predicted molar refractivity (Wildman–Crippen MR) is 129 cm³/mol. The molecule has 4 rings (SSSR count). The lowest BCUT2D eigenvalue weighted by molar-refractivity contribution is -0.137. The molecule has 3 aromatic carbocycles. The van der Waals surface area contributed by atoms with E-state index in [2.05, 4.69) is 5.32 Å². The van der Waals surface area contributed by atoms with Gasteiger partial charge in [0.1, 0.15) is 5.58 Å². The number of nitrogens with one attached hydrogen (secondary N) is 1. The Labute approximate surface area is 211 Å². The quantitative estimate of drug-likeness (QED) is 0.284. The first-order valence-electron chi connectivity index (χ1n) is 9.84. The lowest BCUT2D eigenvalue weighted by atomic mass is 10.1. The Bertz CT molecular complexity index is 1480. The normalized spacial score (nSPS) is 11.5. The van der Waals surface area contributed by atoms with Crippen LogP contribution in [-0.4, -0.2) is 12.5 Å². The second kappa shape index (κ2) is 9.81. The fraction of sp³-hybridized carbons (Fsp3) is 0.0833. The van der Waals surface area contributed by atoms with Gasteiger partial charge in [-0.3, -0.25) is 9.59 Å². The number of fused-ring (bicyclic) bond motifs is 1. The summed E-state index contributed by atoms with van der Waals surface area (Å²) in [7, 11) is 0. The Hall–Kier alpha value is -3.20. The zero-order valence-electron chi connectivity index (χ0n) is 17.4. The van der Waals surface area contributed by atoms with Crippen LogP contribution in [0, 0.1) is 0 Å². The minimum atomic E-state index is -4.63. The monoisotopic (exact) mass is 541 g/mol. The third-order valence-corrected chi connectivity index (χ3v) is 5.65. The number of rotatable bonds is 5. The molecule has 0 saturated heterocycles. The molecule has 4 aromatic rings. The maximum atomic E-state index is 13.2. The van der Waals surface area contributed by atoms with E-state index >= 15 is 0 Å². The molecule has 0 spiro atoms. The smallest absolute Gasteiger partial charge is 0.416 e. The zero-order valence-corrected chi connectivity index (χ0v) is 19.6. The van der Waals surface area contributed by atoms with Crippen LogP contribution in [0.4, 0.5) is 18.9 Å². The van der Waals surface area contributed by atoms with Crippen LogP contribution in [0.5, 0.6) is 5.75 Å². The summed E-state index contributed by atoms with van der Waals surface area (Å²) in [5.74, 6) is -1.10. The van der Waals surface area contributed by atoms with E-state index in [4.69, 9.17) is 44.0 Å². The van der Waals surface area contributed by atoms with Gasteiger partial charge in [0, 0.05) is 15.6 Å². The Morgan fingerprint density at radius 1 is 0.943 bits per heavy atom. The van der Waals surface area contributed by atoms with Gasteiger partial charge in [-0.05, 0) is 60.7 Å². The molecule has 0 bridgehead atoms. The van der Waals surface area contributed by atoms with Crippen LogP contribution in [-0.2, 0) is 11.0 Å². The second-order valence-electron chi connectivity index (χ2n) is 7.27. The summed E-state index contributed by atoms with van der Waals surface area (Å²) in [5.41, 5.74) is -1.17. The largest absolute Gasteiger partial charge is 0.476 e. The molecule has 5 nitrogen and oxygen atoms in total. The number of halogens is 6. The number of carbonyl (C=O) groups excluding carboxylic acids is 1. The molecule has 0 fully saturated rings. The Morgan fingerprint density at radius 3 is 2.31 bits per heavy atom. The lowest BCUT2D eigenvalue weighted by Gasteiger charge is -2.13. The molecule has 35 heavy (non-hydrogen) atoms. The van der Waals surface area contributed by atoms with E-state index in [1.807, 2.05) is 0 Å². The van der Waals surface area contributed by atoms with Crippen LogP contribution in [0.25, 0.3) is 22.3 Å². The number of benzene rings is 3. The molecule has 1 amide bonds. The first-order valence-corrected chi connectivity index (χ1v) is 11.0. The summed E-state index contributed by atoms with van der Waals surface area (Å²) in [6.45, 7) is -0.718.